The summed E-state index contributed by atoms with van der Waals surface area (Å²) in [6.07, 6.45) is 3.05. The van der Waals surface area contributed by atoms with Crippen LogP contribution in [-0.2, 0) is 25.7 Å². The van der Waals surface area contributed by atoms with Crippen molar-refractivity contribution < 1.29 is 23.9 Å². The monoisotopic (exact) mass is 402 g/mol. The van der Waals surface area contributed by atoms with Gasteiger partial charge in [0.15, 0.2) is 0 Å². The number of nitrogens with zero attached hydrogens (tertiary/aromatic N) is 2. The molecule has 2 aliphatic heterocycles. The molecule has 7 heteroatoms. The highest BCUT2D eigenvalue weighted by Gasteiger charge is 2.58. The number of hydroxylamine groups is 2. The minimum absolute atomic E-state index is 0.126. The van der Waals surface area contributed by atoms with Gasteiger partial charge < -0.3 is 9.47 Å². The number of carbonyl (C=O) groups is 2. The number of hydrogen-bond donors (Lipinski definition) is 0. The predicted octanol–water partition coefficient (Wildman–Crippen LogP) is 2.48. The van der Waals surface area contributed by atoms with Crippen LogP contribution < -0.4 is 4.74 Å². The van der Waals surface area contributed by atoms with Crippen molar-refractivity contribution in [1.29, 1.82) is 0 Å². The van der Waals surface area contributed by atoms with Gasteiger partial charge in [0.2, 0.25) is 5.91 Å². The number of benzene rings is 1. The molecular formula is C22H30N2O5. The van der Waals surface area contributed by atoms with Crippen LogP contribution in [0, 0.1) is 12.8 Å². The second kappa shape index (κ2) is 8.97. The van der Waals surface area contributed by atoms with E-state index in [1.807, 2.05) is 13.0 Å². The first kappa shape index (κ1) is 21.3. The van der Waals surface area contributed by atoms with Gasteiger partial charge in [-0.25, -0.2) is 5.06 Å². The van der Waals surface area contributed by atoms with Crippen LogP contribution in [0.25, 0.3) is 0 Å². The molecule has 3 rings (SSSR count). The van der Waals surface area contributed by atoms with E-state index in [-0.39, 0.29) is 24.9 Å². The molecule has 1 aromatic rings. The summed E-state index contributed by atoms with van der Waals surface area (Å²) in [7, 11) is 3.04. The Morgan fingerprint density at radius 3 is 2.62 bits per heavy atom. The lowest BCUT2D eigenvalue weighted by Gasteiger charge is -2.45. The lowest BCUT2D eigenvalue weighted by Crippen LogP contribution is -2.57. The predicted molar refractivity (Wildman–Crippen MR) is 108 cm³/mol. The Morgan fingerprint density at radius 1 is 1.31 bits per heavy atom. The molecule has 1 aromatic carbocycles. The lowest BCUT2D eigenvalue weighted by molar-refractivity contribution is -0.218. The smallest absolute Gasteiger partial charge is 0.311 e. The van der Waals surface area contributed by atoms with E-state index in [1.165, 1.54) is 17.7 Å². The van der Waals surface area contributed by atoms with Crippen LogP contribution in [-0.4, -0.2) is 61.3 Å². The number of hydrogen-bond acceptors (Lipinski definition) is 6. The normalized spacial score (nSPS) is 21.4. The van der Waals surface area contributed by atoms with Gasteiger partial charge in [-0.15, -0.1) is 6.58 Å². The maximum Gasteiger partial charge on any atom is 0.311 e. The highest BCUT2D eigenvalue weighted by Crippen LogP contribution is 2.44. The average Bonchev–Trinajstić information content (AvgIpc) is 2.99. The number of carbonyl (C=O) groups excluding carboxylic acids is 2. The highest BCUT2D eigenvalue weighted by molar-refractivity contribution is 5.88. The number of ether oxygens (including phenoxy) is 2. The van der Waals surface area contributed by atoms with Crippen molar-refractivity contribution in [1.82, 2.24) is 9.96 Å². The largest absolute Gasteiger partial charge is 0.496 e. The third kappa shape index (κ3) is 4.16. The van der Waals surface area contributed by atoms with Gasteiger partial charge in [-0.1, -0.05) is 18.2 Å². The molecule has 1 spiro atoms. The van der Waals surface area contributed by atoms with Gasteiger partial charge in [-0.2, -0.15) is 0 Å². The van der Waals surface area contributed by atoms with Gasteiger partial charge in [0, 0.05) is 26.1 Å². The average molecular weight is 402 g/mol. The summed E-state index contributed by atoms with van der Waals surface area (Å²) in [6.45, 7) is 8.26. The molecular weight excluding hydrogens is 372 g/mol. The van der Waals surface area contributed by atoms with E-state index in [4.69, 9.17) is 14.3 Å². The summed E-state index contributed by atoms with van der Waals surface area (Å²) < 4.78 is 10.3. The van der Waals surface area contributed by atoms with Crippen LogP contribution in [0.3, 0.4) is 0 Å². The fourth-order valence-electron chi connectivity index (χ4n) is 4.56. The summed E-state index contributed by atoms with van der Waals surface area (Å²) in [6, 6.07) is 6.20. The molecule has 2 aliphatic rings. The fraction of sp³-hybridized carbons (Fsp3) is 0.545. The van der Waals surface area contributed by atoms with Crippen molar-refractivity contribution in [2.45, 2.75) is 38.3 Å². The Bertz CT molecular complexity index is 770. The third-order valence-electron chi connectivity index (χ3n) is 6.05. The number of aryl methyl sites for hydroxylation is 1. The Morgan fingerprint density at radius 2 is 2.03 bits per heavy atom. The number of esters is 1. The van der Waals surface area contributed by atoms with Crippen molar-refractivity contribution in [3.8, 4) is 5.75 Å². The summed E-state index contributed by atoms with van der Waals surface area (Å²) in [5, 5.41) is 1.44. The second-order valence-corrected chi connectivity index (χ2v) is 7.74. The first-order valence-corrected chi connectivity index (χ1v) is 9.95. The molecule has 1 amide bonds. The minimum Gasteiger partial charge on any atom is -0.496 e. The zero-order valence-electron chi connectivity index (χ0n) is 17.5. The van der Waals surface area contributed by atoms with E-state index >= 15 is 0 Å². The van der Waals surface area contributed by atoms with Gasteiger partial charge in [0.1, 0.15) is 5.75 Å². The molecule has 0 N–H and O–H groups in total. The standard InChI is InChI=1S/C22H30N2O5/c1-5-12-29-24-20(25)14-18(21(26)28-4)22(24)8-10-23(11-9-22)15-17-6-7-19(27-3)16(2)13-17/h5-7,13,18H,1,8-12,14-15H2,2-4H3/t18-/m1/s1. The van der Waals surface area contributed by atoms with E-state index in [0.717, 1.165) is 30.9 Å². The van der Waals surface area contributed by atoms with Crippen LogP contribution in [0.5, 0.6) is 5.75 Å². The number of piperidine rings is 1. The van der Waals surface area contributed by atoms with Crippen LogP contribution in [0.15, 0.2) is 30.9 Å². The quantitative estimate of drug-likeness (QED) is 0.516. The molecule has 2 fully saturated rings. The molecule has 0 unspecified atom stereocenters. The number of methoxy groups -OCH3 is 2. The van der Waals surface area contributed by atoms with Crippen LogP contribution in [0.1, 0.15) is 30.4 Å². The Kier molecular flexibility index (Phi) is 6.59. The van der Waals surface area contributed by atoms with Gasteiger partial charge in [-0.3, -0.25) is 19.3 Å². The molecule has 0 aromatic heterocycles. The lowest BCUT2D eigenvalue weighted by atomic mass is 9.77. The SMILES string of the molecule is C=CCON1C(=O)C[C@H](C(=O)OC)C12CCN(Cc1ccc(OC)c(C)c1)CC2. The fourth-order valence-corrected chi connectivity index (χ4v) is 4.56. The molecule has 0 radical (unpaired) electrons. The van der Waals surface area contributed by atoms with Crippen molar-refractivity contribution in [3.05, 3.63) is 42.0 Å². The minimum atomic E-state index is -0.653. The van der Waals surface area contributed by atoms with Crippen LogP contribution >= 0.6 is 0 Å². The molecule has 1 atom stereocenters. The summed E-state index contributed by atoms with van der Waals surface area (Å²) in [4.78, 5) is 33.1. The molecule has 29 heavy (non-hydrogen) atoms. The van der Waals surface area contributed by atoms with E-state index < -0.39 is 11.5 Å². The maximum atomic E-state index is 12.6. The first-order chi connectivity index (χ1) is 13.9. The number of likely N-dealkylation sites (tertiary alicyclic amines) is 1. The zero-order valence-corrected chi connectivity index (χ0v) is 17.5. The Labute approximate surface area is 172 Å². The van der Waals surface area contributed by atoms with Gasteiger partial charge in [-0.05, 0) is 37.0 Å². The van der Waals surface area contributed by atoms with Crippen molar-refractivity contribution >= 4 is 11.9 Å². The molecule has 0 aliphatic carbocycles. The van der Waals surface area contributed by atoms with E-state index in [0.29, 0.717) is 12.8 Å². The van der Waals surface area contributed by atoms with Gasteiger partial charge in [0.25, 0.3) is 0 Å². The zero-order chi connectivity index (χ0) is 21.0. The van der Waals surface area contributed by atoms with Crippen LogP contribution in [0.2, 0.25) is 0 Å². The Balaban J connectivity index is 1.73. The molecule has 2 saturated heterocycles. The third-order valence-corrected chi connectivity index (χ3v) is 6.05. The van der Waals surface area contributed by atoms with E-state index in [2.05, 4.69) is 23.6 Å². The second-order valence-electron chi connectivity index (χ2n) is 7.74. The maximum absolute atomic E-state index is 12.6. The number of rotatable bonds is 7. The summed E-state index contributed by atoms with van der Waals surface area (Å²) in [5.74, 6) is -0.134. The number of amides is 1. The van der Waals surface area contributed by atoms with Crippen molar-refractivity contribution in [2.75, 3.05) is 33.9 Å². The molecule has 2 heterocycles. The highest BCUT2D eigenvalue weighted by atomic mass is 16.7. The molecule has 0 saturated carbocycles. The van der Waals surface area contributed by atoms with Gasteiger partial charge >= 0.3 is 5.97 Å². The topological polar surface area (TPSA) is 68.3 Å². The van der Waals surface area contributed by atoms with Crippen LogP contribution in [0.4, 0.5) is 0 Å². The van der Waals surface area contributed by atoms with E-state index in [1.54, 1.807) is 13.2 Å². The Hall–Kier alpha value is -2.38. The van der Waals surface area contributed by atoms with E-state index in [9.17, 15) is 9.59 Å². The molecule has 0 bridgehead atoms. The molecule has 158 valence electrons. The summed E-state index contributed by atoms with van der Waals surface area (Å²) >= 11 is 0. The van der Waals surface area contributed by atoms with Gasteiger partial charge in [0.05, 0.1) is 32.3 Å². The van der Waals surface area contributed by atoms with Crippen molar-refractivity contribution in [3.63, 3.8) is 0 Å². The summed E-state index contributed by atoms with van der Waals surface area (Å²) in [5.41, 5.74) is 1.67. The first-order valence-electron chi connectivity index (χ1n) is 9.95. The molecule has 7 nitrogen and oxygen atoms in total. The van der Waals surface area contributed by atoms with Crippen molar-refractivity contribution in [2.24, 2.45) is 5.92 Å².